The van der Waals surface area contributed by atoms with Crippen LogP contribution in [0, 0.1) is 31.6 Å². The van der Waals surface area contributed by atoms with Gasteiger partial charge in [0.2, 0.25) is 5.91 Å². The molecule has 0 radical (unpaired) electrons. The number of pyridine rings is 1. The number of aryl methyl sites for hydroxylation is 2. The lowest BCUT2D eigenvalue weighted by Crippen LogP contribution is -2.59. The van der Waals surface area contributed by atoms with Crippen molar-refractivity contribution in [1.82, 2.24) is 14.7 Å². The van der Waals surface area contributed by atoms with E-state index in [0.29, 0.717) is 0 Å². The fraction of sp³-hybridized carbons (Fsp3) is 0.429. The number of benzene rings is 1. The predicted molar refractivity (Wildman–Crippen MR) is 128 cm³/mol. The third-order valence-corrected chi connectivity index (χ3v) is 7.96. The molecule has 32 heavy (non-hydrogen) atoms. The Kier molecular flexibility index (Phi) is 4.53. The standard InChI is InChI=1S/C28H31N3O/c1-18-3-5-23(6-4-18)27-24(31-10-9-19(2)11-25(31)29-27)7-8-26(32)30-28-15-20-12-21(16-28)14-22(13-20)17-28/h3-11,20-22H,12-17H2,1-2H3,(H,30,32)/b8-7+. The summed E-state index contributed by atoms with van der Waals surface area (Å²) < 4.78 is 2.08. The summed E-state index contributed by atoms with van der Waals surface area (Å²) >= 11 is 0. The summed E-state index contributed by atoms with van der Waals surface area (Å²) in [5.74, 6) is 2.49. The highest BCUT2D eigenvalue weighted by atomic mass is 16.1. The van der Waals surface area contributed by atoms with Crippen LogP contribution in [0.25, 0.3) is 23.0 Å². The molecule has 0 atom stereocenters. The normalized spacial score (nSPS) is 28.6. The second kappa shape index (κ2) is 7.33. The molecule has 4 nitrogen and oxygen atoms in total. The lowest BCUT2D eigenvalue weighted by molar-refractivity contribution is -0.122. The number of aromatic nitrogens is 2. The zero-order valence-corrected chi connectivity index (χ0v) is 19.0. The van der Waals surface area contributed by atoms with Crippen LogP contribution in [0.15, 0.2) is 48.7 Å². The summed E-state index contributed by atoms with van der Waals surface area (Å²) in [4.78, 5) is 18.0. The van der Waals surface area contributed by atoms with Crippen molar-refractivity contribution in [1.29, 1.82) is 0 Å². The van der Waals surface area contributed by atoms with Crippen molar-refractivity contribution in [2.24, 2.45) is 17.8 Å². The first kappa shape index (κ1) is 19.8. The number of nitrogens with one attached hydrogen (secondary N) is 1. The SMILES string of the molecule is Cc1ccc(-c2nc3cc(C)ccn3c2/C=C/C(=O)NC23CC4CC(CC(C4)C2)C3)cc1. The number of nitrogens with zero attached hydrogens (tertiary/aromatic N) is 2. The lowest BCUT2D eigenvalue weighted by atomic mass is 9.53. The summed E-state index contributed by atoms with van der Waals surface area (Å²) in [7, 11) is 0. The number of imidazole rings is 1. The molecule has 164 valence electrons. The number of carbonyl (C=O) groups excluding carboxylic acids is 1. The quantitative estimate of drug-likeness (QED) is 0.544. The van der Waals surface area contributed by atoms with Crippen molar-refractivity contribution in [2.75, 3.05) is 0 Å². The fourth-order valence-electron chi connectivity index (χ4n) is 6.97. The van der Waals surface area contributed by atoms with Crippen molar-refractivity contribution in [3.63, 3.8) is 0 Å². The number of hydrogen-bond donors (Lipinski definition) is 1. The molecule has 3 aromatic rings. The van der Waals surface area contributed by atoms with Gasteiger partial charge < -0.3 is 5.32 Å². The molecule has 1 aromatic carbocycles. The highest BCUT2D eigenvalue weighted by Gasteiger charge is 2.51. The number of hydrogen-bond acceptors (Lipinski definition) is 2. The minimum atomic E-state index is 0.0314. The number of amides is 1. The Balaban J connectivity index is 1.31. The first-order valence-corrected chi connectivity index (χ1v) is 12.0. The highest BCUT2D eigenvalue weighted by Crippen LogP contribution is 2.55. The monoisotopic (exact) mass is 425 g/mol. The van der Waals surface area contributed by atoms with Gasteiger partial charge in [-0.25, -0.2) is 4.98 Å². The molecule has 0 saturated heterocycles. The third-order valence-electron chi connectivity index (χ3n) is 7.96. The molecular weight excluding hydrogens is 394 g/mol. The molecule has 0 spiro atoms. The average molecular weight is 426 g/mol. The topological polar surface area (TPSA) is 46.4 Å². The third kappa shape index (κ3) is 3.46. The van der Waals surface area contributed by atoms with Crippen molar-refractivity contribution >= 4 is 17.6 Å². The van der Waals surface area contributed by atoms with Gasteiger partial charge in [0.1, 0.15) is 5.65 Å². The van der Waals surface area contributed by atoms with Gasteiger partial charge in [-0.15, -0.1) is 0 Å². The lowest BCUT2D eigenvalue weighted by Gasteiger charge is -2.56. The summed E-state index contributed by atoms with van der Waals surface area (Å²) in [6.07, 6.45) is 13.4. The van der Waals surface area contributed by atoms with E-state index in [4.69, 9.17) is 4.98 Å². The Morgan fingerprint density at radius 2 is 1.66 bits per heavy atom. The molecular formula is C28H31N3O. The van der Waals surface area contributed by atoms with E-state index < -0.39 is 0 Å². The van der Waals surface area contributed by atoms with E-state index >= 15 is 0 Å². The van der Waals surface area contributed by atoms with E-state index in [9.17, 15) is 4.79 Å². The Hall–Kier alpha value is -2.88. The predicted octanol–water partition coefficient (Wildman–Crippen LogP) is 5.72. The molecule has 1 amide bonds. The summed E-state index contributed by atoms with van der Waals surface area (Å²) in [5.41, 5.74) is 6.26. The van der Waals surface area contributed by atoms with Gasteiger partial charge in [-0.3, -0.25) is 9.20 Å². The van der Waals surface area contributed by atoms with Gasteiger partial charge in [0.25, 0.3) is 0 Å². The van der Waals surface area contributed by atoms with E-state index in [1.165, 1.54) is 49.7 Å². The molecule has 7 rings (SSSR count). The Labute approximate surface area is 189 Å². The summed E-state index contributed by atoms with van der Waals surface area (Å²) in [6, 6.07) is 12.6. The molecule has 4 fully saturated rings. The van der Waals surface area contributed by atoms with Gasteiger partial charge in [-0.05, 0) is 93.9 Å². The smallest absolute Gasteiger partial charge is 0.244 e. The Bertz CT molecular complexity index is 1180. The zero-order chi connectivity index (χ0) is 21.9. The number of fused-ring (bicyclic) bond motifs is 1. The van der Waals surface area contributed by atoms with Crippen LogP contribution in [-0.2, 0) is 4.79 Å². The highest BCUT2D eigenvalue weighted by molar-refractivity contribution is 5.93. The molecule has 4 aliphatic carbocycles. The van der Waals surface area contributed by atoms with Crippen molar-refractivity contribution < 1.29 is 4.79 Å². The van der Waals surface area contributed by atoms with E-state index in [-0.39, 0.29) is 11.4 Å². The van der Waals surface area contributed by atoms with Crippen molar-refractivity contribution in [2.45, 2.75) is 57.9 Å². The second-order valence-electron chi connectivity index (χ2n) is 10.7. The van der Waals surface area contributed by atoms with Crippen LogP contribution in [-0.4, -0.2) is 20.8 Å². The Morgan fingerprint density at radius 3 is 2.31 bits per heavy atom. The molecule has 4 heteroatoms. The Morgan fingerprint density at radius 1 is 1.00 bits per heavy atom. The van der Waals surface area contributed by atoms with E-state index in [0.717, 1.165) is 40.4 Å². The maximum atomic E-state index is 13.1. The second-order valence-corrected chi connectivity index (χ2v) is 10.7. The van der Waals surface area contributed by atoms with Gasteiger partial charge >= 0.3 is 0 Å². The summed E-state index contributed by atoms with van der Waals surface area (Å²) in [5, 5.41) is 3.46. The van der Waals surface area contributed by atoms with Crippen LogP contribution in [0.5, 0.6) is 0 Å². The van der Waals surface area contributed by atoms with Gasteiger partial charge in [0, 0.05) is 23.4 Å². The minimum absolute atomic E-state index is 0.0314. The van der Waals surface area contributed by atoms with Crippen molar-refractivity contribution in [3.8, 4) is 11.3 Å². The first-order valence-electron chi connectivity index (χ1n) is 12.0. The van der Waals surface area contributed by atoms with Gasteiger partial charge in [0.15, 0.2) is 0 Å². The van der Waals surface area contributed by atoms with Crippen LogP contribution >= 0.6 is 0 Å². The van der Waals surface area contributed by atoms with Crippen LogP contribution in [0.1, 0.15) is 55.3 Å². The van der Waals surface area contributed by atoms with Crippen molar-refractivity contribution in [3.05, 3.63) is 65.5 Å². The maximum Gasteiger partial charge on any atom is 0.244 e. The number of rotatable bonds is 4. The minimum Gasteiger partial charge on any atom is -0.347 e. The molecule has 2 heterocycles. The van der Waals surface area contributed by atoms with Crippen LogP contribution < -0.4 is 5.32 Å². The van der Waals surface area contributed by atoms with E-state index in [2.05, 4.69) is 60.0 Å². The molecule has 4 aliphatic rings. The summed E-state index contributed by atoms with van der Waals surface area (Å²) in [6.45, 7) is 4.17. The van der Waals surface area contributed by atoms with Crippen LogP contribution in [0.3, 0.4) is 0 Å². The van der Waals surface area contributed by atoms with Crippen LogP contribution in [0.2, 0.25) is 0 Å². The molecule has 1 N–H and O–H groups in total. The van der Waals surface area contributed by atoms with E-state index in [1.807, 2.05) is 12.3 Å². The fourth-order valence-corrected chi connectivity index (χ4v) is 6.97. The van der Waals surface area contributed by atoms with Gasteiger partial charge in [-0.2, -0.15) is 0 Å². The maximum absolute atomic E-state index is 13.1. The molecule has 0 aliphatic heterocycles. The van der Waals surface area contributed by atoms with E-state index in [1.54, 1.807) is 6.08 Å². The molecule has 0 unspecified atom stereocenters. The average Bonchev–Trinajstić information content (AvgIpc) is 3.09. The number of carbonyl (C=O) groups is 1. The zero-order valence-electron chi connectivity index (χ0n) is 19.0. The molecule has 4 saturated carbocycles. The van der Waals surface area contributed by atoms with Crippen LogP contribution in [0.4, 0.5) is 0 Å². The molecule has 2 aromatic heterocycles. The van der Waals surface area contributed by atoms with Gasteiger partial charge in [0.05, 0.1) is 11.4 Å². The molecule has 4 bridgehead atoms. The van der Waals surface area contributed by atoms with Gasteiger partial charge in [-0.1, -0.05) is 29.8 Å². The first-order chi connectivity index (χ1) is 15.5. The largest absolute Gasteiger partial charge is 0.347 e.